The quantitative estimate of drug-likeness (QED) is 0.872. The fourth-order valence-electron chi connectivity index (χ4n) is 2.95. The van der Waals surface area contributed by atoms with Gasteiger partial charge in [0.2, 0.25) is 0 Å². The number of hydrogen-bond donors (Lipinski definition) is 2. The van der Waals surface area contributed by atoms with Crippen molar-refractivity contribution in [2.45, 2.75) is 33.1 Å². The van der Waals surface area contributed by atoms with Crippen LogP contribution in [0.15, 0.2) is 12.1 Å². The van der Waals surface area contributed by atoms with Crippen molar-refractivity contribution in [3.05, 3.63) is 34.9 Å². The number of carbonyl (C=O) groups is 2. The van der Waals surface area contributed by atoms with Crippen molar-refractivity contribution in [3.63, 3.8) is 0 Å². The van der Waals surface area contributed by atoms with Gasteiger partial charge in [0.1, 0.15) is 11.4 Å². The molecular formula is C17H24N6O2. The average Bonchev–Trinajstić information content (AvgIpc) is 3.24. The van der Waals surface area contributed by atoms with E-state index < -0.39 is 0 Å². The number of amides is 2. The lowest BCUT2D eigenvalue weighted by Gasteiger charge is -2.21. The van der Waals surface area contributed by atoms with E-state index in [1.165, 1.54) is 0 Å². The van der Waals surface area contributed by atoms with Crippen molar-refractivity contribution in [1.29, 1.82) is 0 Å². The number of nitrogens with one attached hydrogen (secondary N) is 2. The summed E-state index contributed by atoms with van der Waals surface area (Å²) in [6.07, 6.45) is 2.37. The van der Waals surface area contributed by atoms with Crippen LogP contribution >= 0.6 is 0 Å². The molecule has 1 fully saturated rings. The molecule has 2 aromatic rings. The predicted octanol–water partition coefficient (Wildman–Crippen LogP) is 1.25. The lowest BCUT2D eigenvalue weighted by atomic mass is 10.2. The van der Waals surface area contributed by atoms with E-state index in [9.17, 15) is 9.59 Å². The Morgan fingerprint density at radius 3 is 1.68 bits per heavy atom. The molecule has 0 radical (unpaired) electrons. The molecule has 3 heterocycles. The molecule has 0 spiro atoms. The summed E-state index contributed by atoms with van der Waals surface area (Å²) in [4.78, 5) is 28.7. The van der Waals surface area contributed by atoms with Crippen LogP contribution in [0.25, 0.3) is 0 Å². The fourth-order valence-corrected chi connectivity index (χ4v) is 2.95. The van der Waals surface area contributed by atoms with Crippen LogP contribution in [0, 0.1) is 0 Å². The lowest BCUT2D eigenvalue weighted by Crippen LogP contribution is -2.37. The van der Waals surface area contributed by atoms with E-state index in [0.717, 1.165) is 30.7 Å². The highest BCUT2D eigenvalue weighted by Gasteiger charge is 2.25. The summed E-state index contributed by atoms with van der Waals surface area (Å²) in [5.74, 6) is -0.170. The normalized spacial score (nSPS) is 15.3. The minimum atomic E-state index is -0.0849. The van der Waals surface area contributed by atoms with Crippen LogP contribution in [0.4, 0.5) is 0 Å². The molecule has 1 saturated heterocycles. The summed E-state index contributed by atoms with van der Waals surface area (Å²) in [5, 5.41) is 13.9. The van der Waals surface area contributed by atoms with Crippen LogP contribution in [0.5, 0.6) is 0 Å². The Hall–Kier alpha value is -2.64. The molecule has 1 aliphatic rings. The Bertz CT molecular complexity index is 688. The molecule has 2 N–H and O–H groups in total. The molecule has 0 bridgehead atoms. The maximum atomic E-state index is 12.6. The first kappa shape index (κ1) is 17.2. The van der Waals surface area contributed by atoms with Crippen LogP contribution in [0.2, 0.25) is 0 Å². The molecule has 0 aromatic carbocycles. The first-order valence-electron chi connectivity index (χ1n) is 8.79. The van der Waals surface area contributed by atoms with Crippen molar-refractivity contribution in [1.82, 2.24) is 30.2 Å². The van der Waals surface area contributed by atoms with Gasteiger partial charge in [-0.1, -0.05) is 13.8 Å². The maximum absolute atomic E-state index is 12.6. The first-order chi connectivity index (χ1) is 12.1. The molecule has 134 valence electrons. The summed E-state index contributed by atoms with van der Waals surface area (Å²) in [6, 6.07) is 3.60. The summed E-state index contributed by atoms with van der Waals surface area (Å²) < 4.78 is 0. The highest BCUT2D eigenvalue weighted by molar-refractivity contribution is 5.93. The molecule has 3 rings (SSSR count). The molecule has 0 atom stereocenters. The number of hydrogen-bond acceptors (Lipinski definition) is 4. The third kappa shape index (κ3) is 3.72. The third-order valence-electron chi connectivity index (χ3n) is 4.53. The molecule has 25 heavy (non-hydrogen) atoms. The lowest BCUT2D eigenvalue weighted by molar-refractivity contribution is 0.0713. The van der Waals surface area contributed by atoms with Crippen molar-refractivity contribution in [3.8, 4) is 0 Å². The Morgan fingerprint density at radius 1 is 0.880 bits per heavy atom. The Morgan fingerprint density at radius 2 is 1.32 bits per heavy atom. The van der Waals surface area contributed by atoms with Crippen molar-refractivity contribution < 1.29 is 9.59 Å². The van der Waals surface area contributed by atoms with Crippen molar-refractivity contribution >= 4 is 11.8 Å². The van der Waals surface area contributed by atoms with Crippen LogP contribution < -0.4 is 0 Å². The monoisotopic (exact) mass is 344 g/mol. The molecule has 1 aliphatic heterocycles. The molecule has 8 heteroatoms. The Balaban J connectivity index is 1.63. The van der Waals surface area contributed by atoms with E-state index in [1.54, 1.807) is 21.9 Å². The zero-order chi connectivity index (χ0) is 17.8. The Labute approximate surface area is 146 Å². The first-order valence-corrected chi connectivity index (χ1v) is 8.79. The molecule has 2 amide bonds. The van der Waals surface area contributed by atoms with E-state index in [0.29, 0.717) is 37.6 Å². The summed E-state index contributed by atoms with van der Waals surface area (Å²) in [7, 11) is 0. The van der Waals surface area contributed by atoms with Crippen LogP contribution in [0.1, 0.15) is 52.6 Å². The third-order valence-corrected chi connectivity index (χ3v) is 4.53. The largest absolute Gasteiger partial charge is 0.335 e. The number of carbonyl (C=O) groups excluding carboxylic acids is 2. The SMILES string of the molecule is CCc1cc(C(=O)N2CCCN(C(=O)c3cc(CC)[nH]n3)CC2)n[nH]1. The van der Waals surface area contributed by atoms with Gasteiger partial charge in [-0.2, -0.15) is 10.2 Å². The number of aromatic amines is 2. The van der Waals surface area contributed by atoms with Crippen LogP contribution in [0.3, 0.4) is 0 Å². The minimum Gasteiger partial charge on any atom is -0.335 e. The number of rotatable bonds is 4. The van der Waals surface area contributed by atoms with Gasteiger partial charge in [0.15, 0.2) is 0 Å². The van der Waals surface area contributed by atoms with Gasteiger partial charge in [0.25, 0.3) is 11.8 Å². The zero-order valence-electron chi connectivity index (χ0n) is 14.7. The summed E-state index contributed by atoms with van der Waals surface area (Å²) in [6.45, 7) is 6.27. The minimum absolute atomic E-state index is 0.0849. The highest BCUT2D eigenvalue weighted by atomic mass is 16.2. The van der Waals surface area contributed by atoms with Gasteiger partial charge in [-0.3, -0.25) is 19.8 Å². The number of nitrogens with zero attached hydrogens (tertiary/aromatic N) is 4. The fraction of sp³-hybridized carbons (Fsp3) is 0.529. The molecule has 0 aliphatic carbocycles. The van der Waals surface area contributed by atoms with Crippen LogP contribution in [-0.2, 0) is 12.8 Å². The standard InChI is InChI=1S/C17H24N6O2/c1-3-12-10-14(20-18-12)16(24)22-6-5-7-23(9-8-22)17(25)15-11-13(4-2)19-21-15/h10-11H,3-9H2,1-2H3,(H,18,20)(H,19,21). The maximum Gasteiger partial charge on any atom is 0.274 e. The number of H-pyrrole nitrogens is 2. The van der Waals surface area contributed by atoms with Gasteiger partial charge in [-0.05, 0) is 31.4 Å². The van der Waals surface area contributed by atoms with Crippen molar-refractivity contribution in [2.75, 3.05) is 26.2 Å². The highest BCUT2D eigenvalue weighted by Crippen LogP contribution is 2.12. The van der Waals surface area contributed by atoms with Gasteiger partial charge in [0, 0.05) is 37.6 Å². The van der Waals surface area contributed by atoms with Gasteiger partial charge < -0.3 is 9.80 Å². The molecule has 0 unspecified atom stereocenters. The van der Waals surface area contributed by atoms with Gasteiger partial charge >= 0.3 is 0 Å². The number of aromatic nitrogens is 4. The zero-order valence-corrected chi connectivity index (χ0v) is 14.7. The second-order valence-corrected chi connectivity index (χ2v) is 6.20. The number of aryl methyl sites for hydroxylation is 2. The van der Waals surface area contributed by atoms with Gasteiger partial charge in [-0.25, -0.2) is 0 Å². The van der Waals surface area contributed by atoms with E-state index >= 15 is 0 Å². The second-order valence-electron chi connectivity index (χ2n) is 6.20. The van der Waals surface area contributed by atoms with Crippen LogP contribution in [-0.4, -0.2) is 68.2 Å². The second kappa shape index (κ2) is 7.50. The summed E-state index contributed by atoms with van der Waals surface area (Å²) >= 11 is 0. The molecule has 0 saturated carbocycles. The van der Waals surface area contributed by atoms with Crippen molar-refractivity contribution in [2.24, 2.45) is 0 Å². The Kier molecular flexibility index (Phi) is 5.16. The molecule has 2 aromatic heterocycles. The van der Waals surface area contributed by atoms with E-state index in [4.69, 9.17) is 0 Å². The smallest absolute Gasteiger partial charge is 0.274 e. The van der Waals surface area contributed by atoms with E-state index in [1.807, 2.05) is 13.8 Å². The van der Waals surface area contributed by atoms with Gasteiger partial charge in [0.05, 0.1) is 0 Å². The topological polar surface area (TPSA) is 98.0 Å². The average molecular weight is 344 g/mol. The van der Waals surface area contributed by atoms with E-state index in [-0.39, 0.29) is 11.8 Å². The predicted molar refractivity (Wildman–Crippen MR) is 92.4 cm³/mol. The van der Waals surface area contributed by atoms with Gasteiger partial charge in [-0.15, -0.1) is 0 Å². The summed E-state index contributed by atoms with van der Waals surface area (Å²) in [5.41, 5.74) is 2.77. The molecule has 8 nitrogen and oxygen atoms in total. The van der Waals surface area contributed by atoms with E-state index in [2.05, 4.69) is 20.4 Å². The molecular weight excluding hydrogens is 320 g/mol.